The summed E-state index contributed by atoms with van der Waals surface area (Å²) in [7, 11) is 0. The minimum absolute atomic E-state index is 0.208. The first-order chi connectivity index (χ1) is 6.29. The second-order valence-electron chi connectivity index (χ2n) is 2.57. The Balaban J connectivity index is 2.68. The van der Waals surface area contributed by atoms with Crippen LogP contribution < -0.4 is 5.73 Å². The van der Waals surface area contributed by atoms with E-state index in [1.54, 1.807) is 0 Å². The van der Waals surface area contributed by atoms with Crippen LogP contribution in [0.1, 0.15) is 5.82 Å². The van der Waals surface area contributed by atoms with E-state index in [0.717, 1.165) is 0 Å². The standard InChI is InChI=1S/C8H7FN4/c9-5-1-2-6-7(3-5)11-8(4-10)13-12-6/h1-3H,4,10H2. The molecule has 0 amide bonds. The van der Waals surface area contributed by atoms with E-state index >= 15 is 0 Å². The molecule has 0 saturated carbocycles. The molecule has 1 aromatic carbocycles. The van der Waals surface area contributed by atoms with Crippen molar-refractivity contribution in [1.29, 1.82) is 0 Å². The van der Waals surface area contributed by atoms with Gasteiger partial charge in [-0.25, -0.2) is 9.37 Å². The van der Waals surface area contributed by atoms with Gasteiger partial charge in [-0.3, -0.25) is 0 Å². The van der Waals surface area contributed by atoms with Gasteiger partial charge in [-0.15, -0.1) is 10.2 Å². The Morgan fingerprint density at radius 2 is 2.08 bits per heavy atom. The molecule has 0 saturated heterocycles. The predicted molar refractivity (Wildman–Crippen MR) is 45.2 cm³/mol. The Bertz CT molecular complexity index is 443. The van der Waals surface area contributed by atoms with Crippen LogP contribution in [-0.4, -0.2) is 15.2 Å². The summed E-state index contributed by atoms with van der Waals surface area (Å²) in [4.78, 5) is 4.02. The third-order valence-corrected chi connectivity index (χ3v) is 1.64. The number of hydrogen-bond donors (Lipinski definition) is 1. The van der Waals surface area contributed by atoms with Crippen molar-refractivity contribution in [2.45, 2.75) is 6.54 Å². The van der Waals surface area contributed by atoms with Crippen LogP contribution in [0.5, 0.6) is 0 Å². The van der Waals surface area contributed by atoms with E-state index in [2.05, 4.69) is 15.2 Å². The van der Waals surface area contributed by atoms with Crippen LogP contribution in [0.2, 0.25) is 0 Å². The summed E-state index contributed by atoms with van der Waals surface area (Å²) < 4.78 is 12.8. The highest BCUT2D eigenvalue weighted by Gasteiger charge is 2.00. The molecule has 5 heteroatoms. The van der Waals surface area contributed by atoms with Gasteiger partial charge in [-0.2, -0.15) is 0 Å². The summed E-state index contributed by atoms with van der Waals surface area (Å²) in [5.74, 6) is 0.0778. The summed E-state index contributed by atoms with van der Waals surface area (Å²) in [5, 5.41) is 7.58. The van der Waals surface area contributed by atoms with Gasteiger partial charge in [0.05, 0.1) is 12.1 Å². The van der Waals surface area contributed by atoms with E-state index in [0.29, 0.717) is 16.9 Å². The van der Waals surface area contributed by atoms with E-state index in [1.165, 1.54) is 18.2 Å². The highest BCUT2D eigenvalue weighted by atomic mass is 19.1. The summed E-state index contributed by atoms with van der Waals surface area (Å²) >= 11 is 0. The maximum Gasteiger partial charge on any atom is 0.165 e. The van der Waals surface area contributed by atoms with Gasteiger partial charge in [0.25, 0.3) is 0 Å². The number of rotatable bonds is 1. The van der Waals surface area contributed by atoms with Gasteiger partial charge in [0.1, 0.15) is 11.3 Å². The zero-order valence-corrected chi connectivity index (χ0v) is 6.74. The molecule has 0 aliphatic rings. The van der Waals surface area contributed by atoms with Crippen LogP contribution in [-0.2, 0) is 6.54 Å². The fourth-order valence-corrected chi connectivity index (χ4v) is 1.03. The lowest BCUT2D eigenvalue weighted by molar-refractivity contribution is 0.629. The van der Waals surface area contributed by atoms with Gasteiger partial charge < -0.3 is 5.73 Å². The molecule has 0 aliphatic heterocycles. The number of hydrogen-bond acceptors (Lipinski definition) is 4. The van der Waals surface area contributed by atoms with Crippen LogP contribution in [0.4, 0.5) is 4.39 Å². The molecule has 0 bridgehead atoms. The summed E-state index contributed by atoms with van der Waals surface area (Å²) in [6.07, 6.45) is 0. The smallest absolute Gasteiger partial charge is 0.165 e. The van der Waals surface area contributed by atoms with Crippen LogP contribution in [0.25, 0.3) is 11.0 Å². The molecule has 4 nitrogen and oxygen atoms in total. The molecule has 0 radical (unpaired) electrons. The quantitative estimate of drug-likeness (QED) is 0.695. The Morgan fingerprint density at radius 1 is 1.23 bits per heavy atom. The molecule has 13 heavy (non-hydrogen) atoms. The third kappa shape index (κ3) is 1.46. The zero-order chi connectivity index (χ0) is 9.26. The van der Waals surface area contributed by atoms with Crippen molar-refractivity contribution < 1.29 is 4.39 Å². The number of benzene rings is 1. The summed E-state index contributed by atoms with van der Waals surface area (Å²) in [5.41, 5.74) is 6.37. The average Bonchev–Trinajstić information content (AvgIpc) is 2.16. The molecule has 0 atom stereocenters. The molecule has 2 aromatic rings. The first-order valence-electron chi connectivity index (χ1n) is 3.78. The Kier molecular flexibility index (Phi) is 1.86. The van der Waals surface area contributed by atoms with Crippen molar-refractivity contribution >= 4 is 11.0 Å². The normalized spacial score (nSPS) is 10.6. The largest absolute Gasteiger partial charge is 0.324 e. The fraction of sp³-hybridized carbons (Fsp3) is 0.125. The molecular formula is C8H7FN4. The maximum atomic E-state index is 12.8. The number of nitrogens with two attached hydrogens (primary N) is 1. The van der Waals surface area contributed by atoms with Crippen molar-refractivity contribution in [2.75, 3.05) is 0 Å². The molecule has 1 aromatic heterocycles. The van der Waals surface area contributed by atoms with Gasteiger partial charge in [0, 0.05) is 6.07 Å². The molecule has 0 fully saturated rings. The van der Waals surface area contributed by atoms with Crippen molar-refractivity contribution in [3.63, 3.8) is 0 Å². The molecule has 1 heterocycles. The predicted octanol–water partition coefficient (Wildman–Crippen LogP) is 0.623. The van der Waals surface area contributed by atoms with E-state index < -0.39 is 0 Å². The van der Waals surface area contributed by atoms with Gasteiger partial charge in [-0.1, -0.05) is 0 Å². The molecule has 0 unspecified atom stereocenters. The average molecular weight is 178 g/mol. The molecular weight excluding hydrogens is 171 g/mol. The van der Waals surface area contributed by atoms with E-state index in [1.807, 2.05) is 0 Å². The topological polar surface area (TPSA) is 64.7 Å². The lowest BCUT2D eigenvalue weighted by Crippen LogP contribution is -2.04. The van der Waals surface area contributed by atoms with E-state index in [-0.39, 0.29) is 12.4 Å². The first-order valence-corrected chi connectivity index (χ1v) is 3.78. The summed E-state index contributed by atoms with van der Waals surface area (Å²) in [6.45, 7) is 0.208. The highest BCUT2D eigenvalue weighted by molar-refractivity contribution is 5.73. The van der Waals surface area contributed by atoms with Crippen molar-refractivity contribution in [2.24, 2.45) is 5.73 Å². The summed E-state index contributed by atoms with van der Waals surface area (Å²) in [6, 6.07) is 4.16. The van der Waals surface area contributed by atoms with Crippen molar-refractivity contribution in [3.05, 3.63) is 29.8 Å². The lowest BCUT2D eigenvalue weighted by atomic mass is 10.3. The minimum atomic E-state index is -0.337. The van der Waals surface area contributed by atoms with Gasteiger partial charge in [0.2, 0.25) is 0 Å². The number of fused-ring (bicyclic) bond motifs is 1. The zero-order valence-electron chi connectivity index (χ0n) is 6.74. The SMILES string of the molecule is NCc1nnc2ccc(F)cc2n1. The minimum Gasteiger partial charge on any atom is -0.324 e. The van der Waals surface area contributed by atoms with E-state index in [9.17, 15) is 4.39 Å². The molecule has 2 N–H and O–H groups in total. The fourth-order valence-electron chi connectivity index (χ4n) is 1.03. The van der Waals surface area contributed by atoms with Crippen LogP contribution in [0.3, 0.4) is 0 Å². The second kappa shape index (κ2) is 3.02. The third-order valence-electron chi connectivity index (χ3n) is 1.64. The highest BCUT2D eigenvalue weighted by Crippen LogP contribution is 2.09. The van der Waals surface area contributed by atoms with Gasteiger partial charge in [-0.05, 0) is 12.1 Å². The lowest BCUT2D eigenvalue weighted by Gasteiger charge is -1.97. The Labute approximate surface area is 73.6 Å². The number of nitrogens with zero attached hydrogens (tertiary/aromatic N) is 3. The molecule has 0 aliphatic carbocycles. The van der Waals surface area contributed by atoms with Crippen molar-refractivity contribution in [3.8, 4) is 0 Å². The number of halogens is 1. The van der Waals surface area contributed by atoms with Crippen molar-refractivity contribution in [1.82, 2.24) is 15.2 Å². The van der Waals surface area contributed by atoms with Gasteiger partial charge >= 0.3 is 0 Å². The van der Waals surface area contributed by atoms with E-state index in [4.69, 9.17) is 5.73 Å². The number of aromatic nitrogens is 3. The second-order valence-corrected chi connectivity index (χ2v) is 2.57. The maximum absolute atomic E-state index is 12.8. The van der Waals surface area contributed by atoms with Crippen LogP contribution in [0, 0.1) is 5.82 Å². The molecule has 0 spiro atoms. The van der Waals surface area contributed by atoms with Crippen LogP contribution in [0.15, 0.2) is 18.2 Å². The molecule has 66 valence electrons. The van der Waals surface area contributed by atoms with Crippen LogP contribution >= 0.6 is 0 Å². The molecule has 2 rings (SSSR count). The first kappa shape index (κ1) is 8.00. The Morgan fingerprint density at radius 3 is 2.85 bits per heavy atom. The monoisotopic (exact) mass is 178 g/mol. The Hall–Kier alpha value is -1.62. The van der Waals surface area contributed by atoms with Gasteiger partial charge in [0.15, 0.2) is 5.82 Å².